The summed E-state index contributed by atoms with van der Waals surface area (Å²) in [7, 11) is 0. The van der Waals surface area contributed by atoms with Crippen LogP contribution in [0.25, 0.3) is 0 Å². The molecular weight excluding hydrogens is 278 g/mol. The first-order valence-corrected chi connectivity index (χ1v) is 7.43. The quantitative estimate of drug-likeness (QED) is 0.943. The minimum Gasteiger partial charge on any atom is -0.493 e. The molecule has 1 heterocycles. The molecule has 22 heavy (non-hydrogen) atoms. The van der Waals surface area contributed by atoms with Gasteiger partial charge in [-0.15, -0.1) is 0 Å². The maximum Gasteiger partial charge on any atom is 0.258 e. The lowest BCUT2D eigenvalue weighted by atomic mass is 10.0. The third kappa shape index (κ3) is 3.39. The molecule has 1 aliphatic heterocycles. The highest BCUT2D eigenvalue weighted by atomic mass is 16.5. The Morgan fingerprint density at radius 1 is 1.27 bits per heavy atom. The average Bonchev–Trinajstić information content (AvgIpc) is 2.53. The Balaban J connectivity index is 1.59. The largest absolute Gasteiger partial charge is 0.493 e. The van der Waals surface area contributed by atoms with Crippen LogP contribution in [0.3, 0.4) is 0 Å². The van der Waals surface area contributed by atoms with Gasteiger partial charge in [0.15, 0.2) is 6.61 Å². The summed E-state index contributed by atoms with van der Waals surface area (Å²) >= 11 is 0. The van der Waals surface area contributed by atoms with E-state index in [0.29, 0.717) is 12.4 Å². The highest BCUT2D eigenvalue weighted by molar-refractivity contribution is 5.78. The van der Waals surface area contributed by atoms with E-state index in [9.17, 15) is 4.79 Å². The SMILES string of the molecule is Cc1cccc(OCC(=O)N[C@@H]2CCOc3ccccc32)c1. The van der Waals surface area contributed by atoms with Gasteiger partial charge >= 0.3 is 0 Å². The molecule has 1 atom stereocenters. The van der Waals surface area contributed by atoms with Crippen molar-refractivity contribution in [3.63, 3.8) is 0 Å². The van der Waals surface area contributed by atoms with Crippen molar-refractivity contribution in [3.8, 4) is 11.5 Å². The number of hydrogen-bond acceptors (Lipinski definition) is 3. The Morgan fingerprint density at radius 2 is 2.14 bits per heavy atom. The first-order chi connectivity index (χ1) is 10.7. The standard InChI is InChI=1S/C18H19NO3/c1-13-5-4-6-14(11-13)22-12-18(20)19-16-9-10-21-17-8-3-2-7-15(16)17/h2-8,11,16H,9-10,12H2,1H3,(H,19,20)/t16-/m1/s1. The van der Waals surface area contributed by atoms with E-state index in [1.807, 2.05) is 55.5 Å². The number of hydrogen-bond donors (Lipinski definition) is 1. The molecule has 2 aromatic rings. The Labute approximate surface area is 130 Å². The monoisotopic (exact) mass is 297 g/mol. The van der Waals surface area contributed by atoms with E-state index in [-0.39, 0.29) is 18.6 Å². The predicted molar refractivity (Wildman–Crippen MR) is 84.1 cm³/mol. The summed E-state index contributed by atoms with van der Waals surface area (Å²) in [6.45, 7) is 2.62. The molecular formula is C18H19NO3. The summed E-state index contributed by atoms with van der Waals surface area (Å²) in [6.07, 6.45) is 0.771. The van der Waals surface area contributed by atoms with Crippen molar-refractivity contribution in [2.45, 2.75) is 19.4 Å². The number of ether oxygens (including phenoxy) is 2. The van der Waals surface area contributed by atoms with Crippen molar-refractivity contribution >= 4 is 5.91 Å². The molecule has 0 bridgehead atoms. The molecule has 0 aromatic heterocycles. The Morgan fingerprint density at radius 3 is 3.00 bits per heavy atom. The van der Waals surface area contributed by atoms with Gasteiger partial charge in [0.2, 0.25) is 0 Å². The molecule has 0 saturated carbocycles. The van der Waals surface area contributed by atoms with Crippen LogP contribution in [0.5, 0.6) is 11.5 Å². The average molecular weight is 297 g/mol. The van der Waals surface area contributed by atoms with Gasteiger partial charge in [-0.2, -0.15) is 0 Å². The summed E-state index contributed by atoms with van der Waals surface area (Å²) < 4.78 is 11.1. The van der Waals surface area contributed by atoms with Gasteiger partial charge in [0, 0.05) is 12.0 Å². The zero-order valence-electron chi connectivity index (χ0n) is 12.5. The minimum absolute atomic E-state index is 0.0152. The molecule has 0 radical (unpaired) electrons. The van der Waals surface area contributed by atoms with Crippen LogP contribution in [0.4, 0.5) is 0 Å². The topological polar surface area (TPSA) is 47.6 Å². The van der Waals surface area contributed by atoms with Crippen molar-refractivity contribution in [2.24, 2.45) is 0 Å². The van der Waals surface area contributed by atoms with E-state index in [4.69, 9.17) is 9.47 Å². The van der Waals surface area contributed by atoms with E-state index in [0.717, 1.165) is 23.3 Å². The Bertz CT molecular complexity index is 669. The predicted octanol–water partition coefficient (Wildman–Crippen LogP) is 3.01. The number of aryl methyl sites for hydroxylation is 1. The maximum absolute atomic E-state index is 12.1. The van der Waals surface area contributed by atoms with Gasteiger partial charge in [0.25, 0.3) is 5.91 Å². The van der Waals surface area contributed by atoms with Gasteiger partial charge in [-0.3, -0.25) is 4.79 Å². The molecule has 4 nitrogen and oxygen atoms in total. The number of benzene rings is 2. The second-order valence-corrected chi connectivity index (χ2v) is 5.40. The molecule has 0 fully saturated rings. The van der Waals surface area contributed by atoms with Crippen LogP contribution in [0, 0.1) is 6.92 Å². The summed E-state index contributed by atoms with van der Waals surface area (Å²) in [5.41, 5.74) is 2.13. The molecule has 0 saturated heterocycles. The highest BCUT2D eigenvalue weighted by Gasteiger charge is 2.22. The first kappa shape index (κ1) is 14.4. The molecule has 1 amide bonds. The fraction of sp³-hybridized carbons (Fsp3) is 0.278. The number of carbonyl (C=O) groups is 1. The minimum atomic E-state index is -0.122. The zero-order chi connectivity index (χ0) is 15.4. The number of nitrogens with one attached hydrogen (secondary N) is 1. The van der Waals surface area contributed by atoms with E-state index in [2.05, 4.69) is 5.32 Å². The number of fused-ring (bicyclic) bond motifs is 1. The smallest absolute Gasteiger partial charge is 0.258 e. The van der Waals surface area contributed by atoms with E-state index in [1.54, 1.807) is 0 Å². The summed E-state index contributed by atoms with van der Waals surface area (Å²) in [4.78, 5) is 12.1. The Hall–Kier alpha value is -2.49. The molecule has 114 valence electrons. The van der Waals surface area contributed by atoms with Crippen molar-refractivity contribution in [1.82, 2.24) is 5.32 Å². The van der Waals surface area contributed by atoms with Gasteiger partial charge in [-0.05, 0) is 30.7 Å². The molecule has 3 rings (SSSR count). The fourth-order valence-electron chi connectivity index (χ4n) is 2.58. The van der Waals surface area contributed by atoms with Gasteiger partial charge in [-0.25, -0.2) is 0 Å². The zero-order valence-corrected chi connectivity index (χ0v) is 12.5. The highest BCUT2D eigenvalue weighted by Crippen LogP contribution is 2.31. The van der Waals surface area contributed by atoms with Gasteiger partial charge in [0.05, 0.1) is 12.6 Å². The van der Waals surface area contributed by atoms with Gasteiger partial charge in [0.1, 0.15) is 11.5 Å². The van der Waals surface area contributed by atoms with Gasteiger partial charge in [-0.1, -0.05) is 30.3 Å². The van der Waals surface area contributed by atoms with E-state index in [1.165, 1.54) is 0 Å². The van der Waals surface area contributed by atoms with Crippen LogP contribution >= 0.6 is 0 Å². The van der Waals surface area contributed by atoms with Crippen LogP contribution < -0.4 is 14.8 Å². The van der Waals surface area contributed by atoms with Crippen molar-refractivity contribution in [2.75, 3.05) is 13.2 Å². The maximum atomic E-state index is 12.1. The lowest BCUT2D eigenvalue weighted by Gasteiger charge is -2.26. The van der Waals surface area contributed by atoms with Crippen molar-refractivity contribution < 1.29 is 14.3 Å². The number of rotatable bonds is 4. The third-order valence-corrected chi connectivity index (χ3v) is 3.65. The Kier molecular flexibility index (Phi) is 4.28. The fourth-order valence-corrected chi connectivity index (χ4v) is 2.58. The first-order valence-electron chi connectivity index (χ1n) is 7.43. The second kappa shape index (κ2) is 6.52. The lowest BCUT2D eigenvalue weighted by molar-refractivity contribution is -0.124. The molecule has 1 N–H and O–H groups in total. The third-order valence-electron chi connectivity index (χ3n) is 3.65. The van der Waals surface area contributed by atoms with Gasteiger partial charge < -0.3 is 14.8 Å². The number of carbonyl (C=O) groups excluding carboxylic acids is 1. The molecule has 4 heteroatoms. The summed E-state index contributed by atoms with van der Waals surface area (Å²) in [5.74, 6) is 1.43. The van der Waals surface area contributed by atoms with E-state index < -0.39 is 0 Å². The van der Waals surface area contributed by atoms with Crippen LogP contribution in [0.2, 0.25) is 0 Å². The molecule has 0 unspecified atom stereocenters. The van der Waals surface area contributed by atoms with Crippen LogP contribution in [-0.4, -0.2) is 19.1 Å². The lowest BCUT2D eigenvalue weighted by Crippen LogP contribution is -2.35. The summed E-state index contributed by atoms with van der Waals surface area (Å²) in [6, 6.07) is 15.5. The van der Waals surface area contributed by atoms with Crippen molar-refractivity contribution in [3.05, 3.63) is 59.7 Å². The van der Waals surface area contributed by atoms with Crippen molar-refractivity contribution in [1.29, 1.82) is 0 Å². The van der Waals surface area contributed by atoms with E-state index >= 15 is 0 Å². The molecule has 0 aliphatic carbocycles. The molecule has 1 aliphatic rings. The number of amides is 1. The van der Waals surface area contributed by atoms with Crippen LogP contribution in [0.1, 0.15) is 23.6 Å². The summed E-state index contributed by atoms with van der Waals surface area (Å²) in [5, 5.41) is 3.02. The second-order valence-electron chi connectivity index (χ2n) is 5.40. The number of para-hydroxylation sites is 1. The van der Waals surface area contributed by atoms with Crippen LogP contribution in [0.15, 0.2) is 48.5 Å². The normalized spacial score (nSPS) is 16.3. The molecule has 0 spiro atoms. The molecule has 2 aromatic carbocycles. The van der Waals surface area contributed by atoms with Crippen LogP contribution in [-0.2, 0) is 4.79 Å².